The Labute approximate surface area is 105 Å². The topological polar surface area (TPSA) is 68.0 Å². The summed E-state index contributed by atoms with van der Waals surface area (Å²) in [6, 6.07) is 0. The number of hydrogen-bond donors (Lipinski definition) is 1. The summed E-state index contributed by atoms with van der Waals surface area (Å²) < 4.78 is 4.75. The molecule has 17 heavy (non-hydrogen) atoms. The highest BCUT2D eigenvalue weighted by atomic mass is 35.5. The Hall–Kier alpha value is -1.10. The van der Waals surface area contributed by atoms with Crippen LogP contribution >= 0.6 is 11.6 Å². The van der Waals surface area contributed by atoms with Gasteiger partial charge in [-0.05, 0) is 33.1 Å². The van der Waals surface area contributed by atoms with Gasteiger partial charge in [-0.1, -0.05) is 5.16 Å². The van der Waals surface area contributed by atoms with Crippen LogP contribution in [0.2, 0.25) is 0 Å². The number of hydrogen-bond acceptors (Lipinski definition) is 4. The average Bonchev–Trinajstić information content (AvgIpc) is 2.76. The molecule has 0 atom stereocenters. The maximum Gasteiger partial charge on any atom is 0.227 e. The number of halogens is 1. The van der Waals surface area contributed by atoms with Gasteiger partial charge in [0, 0.05) is 5.88 Å². The first-order valence-corrected chi connectivity index (χ1v) is 6.19. The molecule has 1 fully saturated rings. The molecule has 1 aliphatic rings. The van der Waals surface area contributed by atoms with Crippen LogP contribution < -0.4 is 5.32 Å². The minimum Gasteiger partial charge on any atom is -0.343 e. The van der Waals surface area contributed by atoms with Gasteiger partial charge in [0.15, 0.2) is 5.82 Å². The van der Waals surface area contributed by atoms with Crippen LogP contribution in [0, 0.1) is 5.41 Å². The normalized spacial score (nSPS) is 18.5. The second kappa shape index (κ2) is 4.29. The number of carbonyl (C=O) groups is 1. The molecule has 1 aromatic heterocycles. The van der Waals surface area contributed by atoms with Crippen LogP contribution in [-0.2, 0) is 10.3 Å². The molecule has 1 heterocycles. The molecule has 0 spiro atoms. The molecule has 5 nitrogen and oxygen atoms in total. The third-order valence-electron chi connectivity index (χ3n) is 3.30. The third kappa shape index (κ3) is 2.16. The van der Waals surface area contributed by atoms with Gasteiger partial charge in [0.05, 0.1) is 5.41 Å². The first-order chi connectivity index (χ1) is 8.00. The largest absolute Gasteiger partial charge is 0.343 e. The molecule has 0 aliphatic heterocycles. The van der Waals surface area contributed by atoms with E-state index in [0.29, 0.717) is 5.82 Å². The highest BCUT2D eigenvalue weighted by Gasteiger charge is 2.45. The Morgan fingerprint density at radius 3 is 2.76 bits per heavy atom. The van der Waals surface area contributed by atoms with Gasteiger partial charge in [0.25, 0.3) is 0 Å². The van der Waals surface area contributed by atoms with Crippen LogP contribution in [0.15, 0.2) is 10.9 Å². The van der Waals surface area contributed by atoms with E-state index in [9.17, 15) is 4.79 Å². The molecule has 1 amide bonds. The Kier molecular flexibility index (Phi) is 3.12. The van der Waals surface area contributed by atoms with Crippen LogP contribution in [0.4, 0.5) is 0 Å². The lowest BCUT2D eigenvalue weighted by atomic mass is 9.75. The first-order valence-electron chi connectivity index (χ1n) is 5.66. The molecule has 0 unspecified atom stereocenters. The van der Waals surface area contributed by atoms with Crippen LogP contribution in [0.5, 0.6) is 0 Å². The summed E-state index contributed by atoms with van der Waals surface area (Å²) in [5.74, 6) is 0.765. The Morgan fingerprint density at radius 1 is 1.65 bits per heavy atom. The fourth-order valence-corrected chi connectivity index (χ4v) is 1.88. The van der Waals surface area contributed by atoms with Crippen molar-refractivity contribution in [2.24, 2.45) is 5.41 Å². The van der Waals surface area contributed by atoms with Gasteiger partial charge in [-0.25, -0.2) is 0 Å². The maximum absolute atomic E-state index is 12.1. The van der Waals surface area contributed by atoms with E-state index in [-0.39, 0.29) is 11.8 Å². The number of aromatic nitrogens is 2. The van der Waals surface area contributed by atoms with Gasteiger partial charge in [0.2, 0.25) is 12.3 Å². The number of rotatable bonds is 4. The van der Waals surface area contributed by atoms with E-state index >= 15 is 0 Å². The SMILES string of the molecule is CC(C)(CCl)C(=O)NC1(c2ncon2)CCC1. The van der Waals surface area contributed by atoms with Crippen LogP contribution in [-0.4, -0.2) is 21.9 Å². The smallest absolute Gasteiger partial charge is 0.227 e. The fraction of sp³-hybridized carbons (Fsp3) is 0.727. The van der Waals surface area contributed by atoms with Gasteiger partial charge in [-0.2, -0.15) is 4.98 Å². The second-order valence-corrected chi connectivity index (χ2v) is 5.43. The maximum atomic E-state index is 12.1. The first kappa shape index (κ1) is 12.4. The Bertz CT molecular complexity index is 399. The van der Waals surface area contributed by atoms with Crippen molar-refractivity contribution in [2.45, 2.75) is 38.6 Å². The fourth-order valence-electron chi connectivity index (χ4n) is 1.76. The van der Waals surface area contributed by atoms with Crippen molar-refractivity contribution in [1.82, 2.24) is 15.5 Å². The predicted octanol–water partition coefficient (Wildman–Crippen LogP) is 1.83. The lowest BCUT2D eigenvalue weighted by Gasteiger charge is -2.41. The molecule has 0 bridgehead atoms. The van der Waals surface area contributed by atoms with Crippen molar-refractivity contribution in [3.05, 3.63) is 12.2 Å². The Morgan fingerprint density at radius 2 is 2.35 bits per heavy atom. The van der Waals surface area contributed by atoms with Crippen molar-refractivity contribution in [1.29, 1.82) is 0 Å². The minimum atomic E-state index is -0.589. The summed E-state index contributed by atoms with van der Waals surface area (Å²) in [4.78, 5) is 16.2. The zero-order chi connectivity index (χ0) is 12.5. The molecule has 94 valence electrons. The summed E-state index contributed by atoms with van der Waals surface area (Å²) in [6.07, 6.45) is 4.03. The minimum absolute atomic E-state index is 0.0722. The van der Waals surface area contributed by atoms with Crippen molar-refractivity contribution < 1.29 is 9.32 Å². The summed E-state index contributed by atoms with van der Waals surface area (Å²) >= 11 is 5.79. The van der Waals surface area contributed by atoms with Gasteiger partial charge < -0.3 is 9.84 Å². The molecule has 2 rings (SSSR count). The highest BCUT2D eigenvalue weighted by molar-refractivity contribution is 6.19. The van der Waals surface area contributed by atoms with E-state index in [0.717, 1.165) is 19.3 Å². The van der Waals surface area contributed by atoms with Crippen molar-refractivity contribution in [2.75, 3.05) is 5.88 Å². The van der Waals surface area contributed by atoms with Gasteiger partial charge in [-0.15, -0.1) is 11.6 Å². The van der Waals surface area contributed by atoms with E-state index < -0.39 is 11.0 Å². The highest BCUT2D eigenvalue weighted by Crippen LogP contribution is 2.40. The molecular weight excluding hydrogens is 242 g/mol. The van der Waals surface area contributed by atoms with Crippen LogP contribution in [0.3, 0.4) is 0 Å². The lowest BCUT2D eigenvalue weighted by Crippen LogP contribution is -2.55. The number of carbonyl (C=O) groups excluding carboxylic acids is 1. The van der Waals surface area contributed by atoms with E-state index in [1.54, 1.807) is 0 Å². The van der Waals surface area contributed by atoms with E-state index in [2.05, 4.69) is 15.5 Å². The van der Waals surface area contributed by atoms with E-state index in [4.69, 9.17) is 16.1 Å². The standard InChI is InChI=1S/C11H16ClN3O2/c1-10(2,6-12)9(16)14-11(4-3-5-11)8-13-7-17-15-8/h7H,3-6H2,1-2H3,(H,14,16). The summed E-state index contributed by atoms with van der Waals surface area (Å²) in [7, 11) is 0. The molecule has 0 radical (unpaired) electrons. The number of alkyl halides is 1. The van der Waals surface area contributed by atoms with Crippen molar-refractivity contribution >= 4 is 17.5 Å². The molecule has 1 N–H and O–H groups in total. The zero-order valence-corrected chi connectivity index (χ0v) is 10.8. The second-order valence-electron chi connectivity index (χ2n) is 5.16. The molecule has 1 saturated carbocycles. The number of nitrogens with zero attached hydrogens (tertiary/aromatic N) is 2. The molecule has 1 aromatic rings. The molecule has 0 saturated heterocycles. The van der Waals surface area contributed by atoms with Crippen LogP contribution in [0.1, 0.15) is 38.9 Å². The quantitative estimate of drug-likeness (QED) is 0.836. The van der Waals surface area contributed by atoms with Gasteiger partial charge in [0.1, 0.15) is 5.54 Å². The average molecular weight is 258 g/mol. The summed E-state index contributed by atoms with van der Waals surface area (Å²) in [6.45, 7) is 3.63. The van der Waals surface area contributed by atoms with Gasteiger partial charge >= 0.3 is 0 Å². The third-order valence-corrected chi connectivity index (χ3v) is 3.97. The number of nitrogens with one attached hydrogen (secondary N) is 1. The zero-order valence-electron chi connectivity index (χ0n) is 9.99. The van der Waals surface area contributed by atoms with E-state index in [1.165, 1.54) is 6.39 Å². The molecule has 1 aliphatic carbocycles. The molecule has 6 heteroatoms. The monoisotopic (exact) mass is 257 g/mol. The van der Waals surface area contributed by atoms with Crippen molar-refractivity contribution in [3.8, 4) is 0 Å². The van der Waals surface area contributed by atoms with Crippen molar-refractivity contribution in [3.63, 3.8) is 0 Å². The number of amides is 1. The Balaban J connectivity index is 2.14. The summed E-state index contributed by atoms with van der Waals surface area (Å²) in [5, 5.41) is 6.85. The summed E-state index contributed by atoms with van der Waals surface area (Å²) in [5.41, 5.74) is -1.04. The predicted molar refractivity (Wildman–Crippen MR) is 62.5 cm³/mol. The van der Waals surface area contributed by atoms with Gasteiger partial charge in [-0.3, -0.25) is 4.79 Å². The van der Waals surface area contributed by atoms with Crippen LogP contribution in [0.25, 0.3) is 0 Å². The lowest BCUT2D eigenvalue weighted by molar-refractivity contribution is -0.132. The van der Waals surface area contributed by atoms with E-state index in [1.807, 2.05) is 13.8 Å². The molecule has 0 aromatic carbocycles. The molecular formula is C11H16ClN3O2.